The van der Waals surface area contributed by atoms with Gasteiger partial charge in [-0.25, -0.2) is 0 Å². The maximum absolute atomic E-state index is 13.2. The first-order valence-electron chi connectivity index (χ1n) is 9.48. The first-order chi connectivity index (χ1) is 12.5. The monoisotopic (exact) mass is 355 g/mol. The first kappa shape index (κ1) is 18.6. The Kier molecular flexibility index (Phi) is 6.09. The van der Waals surface area contributed by atoms with Gasteiger partial charge in [-0.2, -0.15) is 5.10 Å². The molecule has 5 nitrogen and oxygen atoms in total. The predicted molar refractivity (Wildman–Crippen MR) is 102 cm³/mol. The number of rotatable bonds is 7. The van der Waals surface area contributed by atoms with E-state index in [1.165, 1.54) is 5.56 Å². The highest BCUT2D eigenvalue weighted by Crippen LogP contribution is 2.20. The molecule has 1 amide bonds. The van der Waals surface area contributed by atoms with Crippen molar-refractivity contribution in [2.24, 2.45) is 13.0 Å². The van der Waals surface area contributed by atoms with Gasteiger partial charge in [-0.15, -0.1) is 0 Å². The molecule has 2 aromatic rings. The number of aryl methyl sites for hydroxylation is 3. The zero-order valence-electron chi connectivity index (χ0n) is 16.0. The van der Waals surface area contributed by atoms with E-state index in [0.29, 0.717) is 11.6 Å². The molecule has 140 valence electrons. The maximum Gasteiger partial charge on any atom is 0.272 e. The summed E-state index contributed by atoms with van der Waals surface area (Å²) in [5.74, 6) is 0.494. The van der Waals surface area contributed by atoms with Gasteiger partial charge >= 0.3 is 0 Å². The molecule has 0 N–H and O–H groups in total. The van der Waals surface area contributed by atoms with Crippen molar-refractivity contribution >= 4 is 5.91 Å². The Bertz CT molecular complexity index is 720. The van der Waals surface area contributed by atoms with Crippen molar-refractivity contribution in [3.05, 3.63) is 53.3 Å². The molecular formula is C21H29N3O2. The molecule has 1 saturated heterocycles. The van der Waals surface area contributed by atoms with Gasteiger partial charge in [0.15, 0.2) is 0 Å². The second-order valence-electron chi connectivity index (χ2n) is 7.35. The lowest BCUT2D eigenvalue weighted by molar-refractivity contribution is 0.0628. The van der Waals surface area contributed by atoms with E-state index >= 15 is 0 Å². The van der Waals surface area contributed by atoms with Crippen LogP contribution in [0.2, 0.25) is 0 Å². The van der Waals surface area contributed by atoms with Crippen LogP contribution in [0.1, 0.15) is 41.5 Å². The molecule has 1 aliphatic rings. The van der Waals surface area contributed by atoms with Crippen LogP contribution >= 0.6 is 0 Å². The molecule has 1 fully saturated rings. The van der Waals surface area contributed by atoms with E-state index in [9.17, 15) is 4.79 Å². The number of aromatic nitrogens is 2. The molecule has 0 spiro atoms. The number of carbonyl (C=O) groups is 1. The fraction of sp³-hybridized carbons (Fsp3) is 0.524. The number of ether oxygens (including phenoxy) is 1. The highest BCUT2D eigenvalue weighted by Gasteiger charge is 2.28. The molecule has 2 atom stereocenters. The molecule has 1 aromatic carbocycles. The minimum atomic E-state index is 0.0700. The van der Waals surface area contributed by atoms with E-state index in [-0.39, 0.29) is 11.9 Å². The highest BCUT2D eigenvalue weighted by molar-refractivity contribution is 5.93. The summed E-state index contributed by atoms with van der Waals surface area (Å²) in [5.41, 5.74) is 2.84. The summed E-state index contributed by atoms with van der Waals surface area (Å²) in [6, 6.07) is 12.5. The molecule has 5 heteroatoms. The fourth-order valence-corrected chi connectivity index (χ4v) is 3.60. The molecule has 0 aliphatic carbocycles. The lowest BCUT2D eigenvalue weighted by atomic mass is 10.0. The second-order valence-corrected chi connectivity index (χ2v) is 7.35. The summed E-state index contributed by atoms with van der Waals surface area (Å²) in [7, 11) is 1.84. The summed E-state index contributed by atoms with van der Waals surface area (Å²) >= 11 is 0. The SMILES string of the molecule is Cc1cc(C(=O)N(CC2CCOC2)C(C)CCc2ccccc2)n(C)n1. The molecule has 1 aliphatic heterocycles. The van der Waals surface area contributed by atoms with Gasteiger partial charge in [0.05, 0.1) is 12.3 Å². The van der Waals surface area contributed by atoms with Crippen molar-refractivity contribution in [3.8, 4) is 0 Å². The average Bonchev–Trinajstić information content (AvgIpc) is 3.27. The minimum absolute atomic E-state index is 0.0700. The van der Waals surface area contributed by atoms with Crippen LogP contribution in [-0.4, -0.2) is 46.4 Å². The van der Waals surface area contributed by atoms with E-state index in [0.717, 1.165) is 44.7 Å². The topological polar surface area (TPSA) is 47.4 Å². The van der Waals surface area contributed by atoms with Crippen molar-refractivity contribution in [2.75, 3.05) is 19.8 Å². The molecule has 1 aromatic heterocycles. The number of hydrogen-bond donors (Lipinski definition) is 0. The number of nitrogens with zero attached hydrogens (tertiary/aromatic N) is 3. The Morgan fingerprint density at radius 2 is 2.15 bits per heavy atom. The van der Waals surface area contributed by atoms with Gasteiger partial charge < -0.3 is 9.64 Å². The van der Waals surface area contributed by atoms with Crippen molar-refractivity contribution in [1.29, 1.82) is 0 Å². The third kappa shape index (κ3) is 4.52. The van der Waals surface area contributed by atoms with Crippen molar-refractivity contribution in [1.82, 2.24) is 14.7 Å². The van der Waals surface area contributed by atoms with Crippen LogP contribution in [0.5, 0.6) is 0 Å². The van der Waals surface area contributed by atoms with Crippen LogP contribution in [0, 0.1) is 12.8 Å². The average molecular weight is 355 g/mol. The summed E-state index contributed by atoms with van der Waals surface area (Å²) in [4.78, 5) is 15.3. The van der Waals surface area contributed by atoms with Gasteiger partial charge in [-0.1, -0.05) is 30.3 Å². The summed E-state index contributed by atoms with van der Waals surface area (Å²) in [6.45, 7) is 6.37. The Hall–Kier alpha value is -2.14. The Morgan fingerprint density at radius 1 is 1.38 bits per heavy atom. The van der Waals surface area contributed by atoms with Crippen LogP contribution in [0.15, 0.2) is 36.4 Å². The Labute approximate surface area is 156 Å². The second kappa shape index (κ2) is 8.49. The number of hydrogen-bond acceptors (Lipinski definition) is 3. The van der Waals surface area contributed by atoms with Crippen LogP contribution in [0.25, 0.3) is 0 Å². The fourth-order valence-electron chi connectivity index (χ4n) is 3.60. The maximum atomic E-state index is 13.2. The zero-order chi connectivity index (χ0) is 18.5. The van der Waals surface area contributed by atoms with Crippen molar-refractivity contribution in [2.45, 2.75) is 39.2 Å². The van der Waals surface area contributed by atoms with E-state index in [4.69, 9.17) is 4.74 Å². The lowest BCUT2D eigenvalue weighted by Gasteiger charge is -2.31. The minimum Gasteiger partial charge on any atom is -0.381 e. The van der Waals surface area contributed by atoms with Crippen LogP contribution < -0.4 is 0 Å². The molecule has 0 bridgehead atoms. The number of carbonyl (C=O) groups excluding carboxylic acids is 1. The van der Waals surface area contributed by atoms with E-state index < -0.39 is 0 Å². The van der Waals surface area contributed by atoms with Crippen LogP contribution in [0.4, 0.5) is 0 Å². The Balaban J connectivity index is 1.73. The molecule has 3 rings (SSSR count). The first-order valence-corrected chi connectivity index (χ1v) is 9.48. The van der Waals surface area contributed by atoms with Crippen molar-refractivity contribution in [3.63, 3.8) is 0 Å². The smallest absolute Gasteiger partial charge is 0.272 e. The van der Waals surface area contributed by atoms with Crippen molar-refractivity contribution < 1.29 is 9.53 Å². The van der Waals surface area contributed by atoms with Crippen LogP contribution in [-0.2, 0) is 18.2 Å². The quantitative estimate of drug-likeness (QED) is 0.766. The van der Waals surface area contributed by atoms with Gasteiger partial charge in [-0.05, 0) is 44.7 Å². The molecule has 2 unspecified atom stereocenters. The van der Waals surface area contributed by atoms with Gasteiger partial charge in [0.2, 0.25) is 0 Å². The third-order valence-electron chi connectivity index (χ3n) is 5.19. The third-order valence-corrected chi connectivity index (χ3v) is 5.19. The van der Waals surface area contributed by atoms with E-state index in [1.807, 2.05) is 31.0 Å². The summed E-state index contributed by atoms with van der Waals surface area (Å²) < 4.78 is 7.22. The predicted octanol–water partition coefficient (Wildman–Crippen LogP) is 3.23. The standard InChI is InChI=1S/C21H29N3O2/c1-16-13-20(23(3)22-16)21(25)24(14-19-11-12-26-15-19)17(2)9-10-18-7-5-4-6-8-18/h4-8,13,17,19H,9-12,14-15H2,1-3H3. The normalized spacial score (nSPS) is 18.0. The van der Waals surface area contributed by atoms with Gasteiger partial charge in [-0.3, -0.25) is 9.48 Å². The summed E-state index contributed by atoms with van der Waals surface area (Å²) in [5, 5.41) is 4.34. The molecular weight excluding hydrogens is 326 g/mol. The van der Waals surface area contributed by atoms with Crippen LogP contribution in [0.3, 0.4) is 0 Å². The molecule has 0 saturated carbocycles. The number of amides is 1. The Morgan fingerprint density at radius 3 is 2.77 bits per heavy atom. The number of benzene rings is 1. The van der Waals surface area contributed by atoms with E-state index in [1.54, 1.807) is 4.68 Å². The lowest BCUT2D eigenvalue weighted by Crippen LogP contribution is -2.43. The largest absolute Gasteiger partial charge is 0.381 e. The van der Waals surface area contributed by atoms with Gasteiger partial charge in [0.25, 0.3) is 5.91 Å². The van der Waals surface area contributed by atoms with Gasteiger partial charge in [0.1, 0.15) is 5.69 Å². The molecule has 0 radical (unpaired) electrons. The molecule has 2 heterocycles. The zero-order valence-corrected chi connectivity index (χ0v) is 16.0. The van der Waals surface area contributed by atoms with Gasteiger partial charge in [0, 0.05) is 32.2 Å². The molecule has 26 heavy (non-hydrogen) atoms. The highest BCUT2D eigenvalue weighted by atomic mass is 16.5. The summed E-state index contributed by atoms with van der Waals surface area (Å²) in [6.07, 6.45) is 2.94. The van der Waals surface area contributed by atoms with E-state index in [2.05, 4.69) is 36.3 Å².